The average molecular weight is 321 g/mol. The molecule has 2 rings (SSSR count). The number of carbonyl (C=O) groups excluding carboxylic acids is 2. The van der Waals surface area contributed by atoms with Crippen molar-refractivity contribution in [2.24, 2.45) is 0 Å². The fraction of sp³-hybridized carbons (Fsp3) is 0.467. The van der Waals surface area contributed by atoms with E-state index in [2.05, 4.69) is 6.58 Å². The van der Waals surface area contributed by atoms with Crippen molar-refractivity contribution in [3.8, 4) is 0 Å². The molecule has 0 aliphatic carbocycles. The highest BCUT2D eigenvalue weighted by Crippen LogP contribution is 2.33. The van der Waals surface area contributed by atoms with E-state index in [1.165, 1.54) is 25.3 Å². The molecule has 8 heteroatoms. The molecule has 124 valence electrons. The normalized spacial score (nSPS) is 25.7. The van der Waals surface area contributed by atoms with Crippen molar-refractivity contribution in [3.63, 3.8) is 0 Å². The molecular weight excluding hydrogens is 302 g/mol. The number of nitrogens with zero attached hydrogens (tertiary/aromatic N) is 3. The van der Waals surface area contributed by atoms with Crippen LogP contribution in [0.25, 0.3) is 0 Å². The van der Waals surface area contributed by atoms with E-state index in [0.717, 1.165) is 4.90 Å². The lowest BCUT2D eigenvalue weighted by Crippen LogP contribution is -2.56. The van der Waals surface area contributed by atoms with Crippen LogP contribution in [-0.2, 0) is 14.3 Å². The third-order valence-electron chi connectivity index (χ3n) is 4.11. The summed E-state index contributed by atoms with van der Waals surface area (Å²) in [6, 6.07) is 0. The summed E-state index contributed by atoms with van der Waals surface area (Å²) in [6.45, 7) is 5.86. The molecule has 2 fully saturated rings. The average Bonchev–Trinajstić information content (AvgIpc) is 2.95. The Bertz CT molecular complexity index is 625. The van der Waals surface area contributed by atoms with Crippen molar-refractivity contribution in [2.75, 3.05) is 20.3 Å². The van der Waals surface area contributed by atoms with Gasteiger partial charge in [0.05, 0.1) is 11.5 Å². The number of imide groups is 1. The third kappa shape index (κ3) is 3.16. The Kier molecular flexibility index (Phi) is 4.65. The Hall–Kier alpha value is -2.48. The number of amides is 2. The minimum atomic E-state index is -1.04. The SMILES string of the molecule is C=C(/C=C\C(=C/C)[N+](=O)[O-])N1COC2(CCC(=O)N(C)C2=O)C1. The van der Waals surface area contributed by atoms with Gasteiger partial charge in [-0.25, -0.2) is 0 Å². The van der Waals surface area contributed by atoms with Crippen LogP contribution in [0.5, 0.6) is 0 Å². The predicted molar refractivity (Wildman–Crippen MR) is 81.4 cm³/mol. The lowest BCUT2D eigenvalue weighted by atomic mass is 9.91. The van der Waals surface area contributed by atoms with E-state index in [9.17, 15) is 19.7 Å². The number of rotatable bonds is 4. The van der Waals surface area contributed by atoms with Gasteiger partial charge >= 0.3 is 0 Å². The van der Waals surface area contributed by atoms with E-state index in [0.29, 0.717) is 12.1 Å². The number of piperidine rings is 1. The number of allylic oxidation sites excluding steroid dienone is 3. The molecular formula is C15H19N3O5. The van der Waals surface area contributed by atoms with E-state index >= 15 is 0 Å². The van der Waals surface area contributed by atoms with Gasteiger partial charge in [-0.1, -0.05) is 6.58 Å². The van der Waals surface area contributed by atoms with Gasteiger partial charge in [-0.3, -0.25) is 24.6 Å². The summed E-state index contributed by atoms with van der Waals surface area (Å²) >= 11 is 0. The number of nitro groups is 1. The Labute approximate surface area is 133 Å². The number of carbonyl (C=O) groups is 2. The van der Waals surface area contributed by atoms with Gasteiger partial charge in [-0.15, -0.1) is 0 Å². The first kappa shape index (κ1) is 16.9. The summed E-state index contributed by atoms with van der Waals surface area (Å²) in [5, 5.41) is 10.8. The number of hydrogen-bond acceptors (Lipinski definition) is 6. The number of likely N-dealkylation sites (N-methyl/N-ethyl adjacent to an activating group) is 1. The van der Waals surface area contributed by atoms with Crippen LogP contribution < -0.4 is 0 Å². The zero-order valence-corrected chi connectivity index (χ0v) is 13.2. The van der Waals surface area contributed by atoms with Gasteiger partial charge < -0.3 is 9.64 Å². The minimum absolute atomic E-state index is 0.0416. The van der Waals surface area contributed by atoms with Crippen LogP contribution in [0.2, 0.25) is 0 Å². The van der Waals surface area contributed by atoms with Crippen molar-refractivity contribution in [1.29, 1.82) is 0 Å². The largest absolute Gasteiger partial charge is 0.346 e. The van der Waals surface area contributed by atoms with E-state index < -0.39 is 10.5 Å². The molecule has 0 saturated carbocycles. The predicted octanol–water partition coefficient (Wildman–Crippen LogP) is 1.04. The van der Waals surface area contributed by atoms with E-state index in [1.807, 2.05) is 0 Å². The lowest BCUT2D eigenvalue weighted by Gasteiger charge is -2.34. The van der Waals surface area contributed by atoms with Crippen LogP contribution in [0.15, 0.2) is 36.2 Å². The van der Waals surface area contributed by atoms with Crippen LogP contribution in [0.4, 0.5) is 0 Å². The standard InChI is InChI=1S/C15H19N3O5/c1-4-12(18(21)22)6-5-11(2)17-9-15(23-10-17)8-7-13(19)16(3)14(15)20/h4-6H,2,7-10H2,1,3H3/b6-5-,12-4+. The van der Waals surface area contributed by atoms with Crippen molar-refractivity contribution in [2.45, 2.75) is 25.4 Å². The van der Waals surface area contributed by atoms with Crippen LogP contribution in [0.1, 0.15) is 19.8 Å². The molecule has 0 aromatic rings. The maximum absolute atomic E-state index is 12.3. The molecule has 2 heterocycles. The van der Waals surface area contributed by atoms with Crippen molar-refractivity contribution in [1.82, 2.24) is 9.80 Å². The first-order valence-electron chi connectivity index (χ1n) is 7.18. The molecule has 1 spiro atoms. The summed E-state index contributed by atoms with van der Waals surface area (Å²) in [5.74, 6) is -0.572. The first-order chi connectivity index (χ1) is 10.8. The summed E-state index contributed by atoms with van der Waals surface area (Å²) in [7, 11) is 1.45. The van der Waals surface area contributed by atoms with Gasteiger partial charge in [0.1, 0.15) is 6.73 Å². The molecule has 2 aliphatic rings. The molecule has 0 aromatic heterocycles. The Morgan fingerprint density at radius 2 is 2.13 bits per heavy atom. The highest BCUT2D eigenvalue weighted by atomic mass is 16.6. The second kappa shape index (κ2) is 6.33. The van der Waals surface area contributed by atoms with Gasteiger partial charge in [0.2, 0.25) is 5.91 Å². The van der Waals surface area contributed by atoms with Gasteiger partial charge in [-0.2, -0.15) is 0 Å². The second-order valence-electron chi connectivity index (χ2n) is 5.52. The van der Waals surface area contributed by atoms with Gasteiger partial charge in [0.25, 0.3) is 11.6 Å². The molecule has 1 unspecified atom stereocenters. The van der Waals surface area contributed by atoms with Gasteiger partial charge in [0.15, 0.2) is 5.60 Å². The maximum atomic E-state index is 12.3. The molecule has 0 radical (unpaired) electrons. The molecule has 0 N–H and O–H groups in total. The maximum Gasteiger partial charge on any atom is 0.265 e. The van der Waals surface area contributed by atoms with E-state index in [-0.39, 0.29) is 37.2 Å². The Morgan fingerprint density at radius 3 is 2.74 bits per heavy atom. The van der Waals surface area contributed by atoms with Gasteiger partial charge in [-0.05, 0) is 25.5 Å². The quantitative estimate of drug-likeness (QED) is 0.332. The molecule has 2 amide bonds. The highest BCUT2D eigenvalue weighted by Gasteiger charge is 2.51. The van der Waals surface area contributed by atoms with Crippen LogP contribution in [-0.4, -0.2) is 52.5 Å². The van der Waals surface area contributed by atoms with Crippen molar-refractivity contribution < 1.29 is 19.2 Å². The summed E-state index contributed by atoms with van der Waals surface area (Å²) in [6.07, 6.45) is 4.84. The summed E-state index contributed by atoms with van der Waals surface area (Å²) < 4.78 is 5.67. The number of likely N-dealkylation sites (tertiary alicyclic amines) is 1. The third-order valence-corrected chi connectivity index (χ3v) is 4.11. The summed E-state index contributed by atoms with van der Waals surface area (Å²) in [5.41, 5.74) is -0.568. The monoisotopic (exact) mass is 321 g/mol. The molecule has 0 bridgehead atoms. The molecule has 8 nitrogen and oxygen atoms in total. The van der Waals surface area contributed by atoms with Crippen LogP contribution in [0.3, 0.4) is 0 Å². The van der Waals surface area contributed by atoms with Gasteiger partial charge in [0, 0.05) is 25.2 Å². The first-order valence-corrected chi connectivity index (χ1v) is 7.18. The fourth-order valence-corrected chi connectivity index (χ4v) is 2.62. The second-order valence-corrected chi connectivity index (χ2v) is 5.52. The Morgan fingerprint density at radius 1 is 1.43 bits per heavy atom. The van der Waals surface area contributed by atoms with E-state index in [1.54, 1.807) is 11.8 Å². The molecule has 0 aromatic carbocycles. The van der Waals surface area contributed by atoms with E-state index in [4.69, 9.17) is 4.74 Å². The van der Waals surface area contributed by atoms with Crippen molar-refractivity contribution in [3.05, 3.63) is 46.3 Å². The zero-order valence-electron chi connectivity index (χ0n) is 13.2. The minimum Gasteiger partial charge on any atom is -0.346 e. The van der Waals surface area contributed by atoms with Crippen LogP contribution >= 0.6 is 0 Å². The zero-order chi connectivity index (χ0) is 17.2. The smallest absolute Gasteiger partial charge is 0.265 e. The number of hydrogen-bond donors (Lipinski definition) is 0. The summed E-state index contributed by atoms with van der Waals surface area (Å²) in [4.78, 5) is 37.0. The Balaban J connectivity index is 2.06. The van der Waals surface area contributed by atoms with Crippen LogP contribution in [0, 0.1) is 10.1 Å². The molecule has 23 heavy (non-hydrogen) atoms. The van der Waals surface area contributed by atoms with Crippen molar-refractivity contribution >= 4 is 11.8 Å². The fourth-order valence-electron chi connectivity index (χ4n) is 2.62. The number of ether oxygens (including phenoxy) is 1. The topological polar surface area (TPSA) is 93.0 Å². The molecule has 2 aliphatic heterocycles. The molecule has 2 saturated heterocycles. The lowest BCUT2D eigenvalue weighted by molar-refractivity contribution is -0.419. The molecule has 1 atom stereocenters. The highest BCUT2D eigenvalue weighted by molar-refractivity contribution is 6.02.